The molecular formula is C7H13NO4. The molecule has 5 nitrogen and oxygen atoms in total. The maximum absolute atomic E-state index is 9.60. The molecule has 0 bridgehead atoms. The quantitative estimate of drug-likeness (QED) is 0.544. The molecule has 5 heteroatoms. The highest BCUT2D eigenvalue weighted by molar-refractivity contribution is 5.84. The van der Waals surface area contributed by atoms with Crippen LogP contribution in [0, 0.1) is 0 Å². The van der Waals surface area contributed by atoms with Crippen molar-refractivity contribution in [3.63, 3.8) is 0 Å². The number of nitrogens with one attached hydrogen (secondary N) is 1. The topological polar surface area (TPSA) is 86.6 Å². The van der Waals surface area contributed by atoms with Crippen LogP contribution < -0.4 is 5.32 Å². The minimum Gasteiger partial charge on any atom is -0.478 e. The molecule has 12 heavy (non-hydrogen) atoms. The summed E-state index contributed by atoms with van der Waals surface area (Å²) >= 11 is 0. The zero-order chi connectivity index (χ0) is 10.1. The maximum Gasteiger partial charge on any atom is 0.404 e. The van der Waals surface area contributed by atoms with Gasteiger partial charge in [0.1, 0.15) is 0 Å². The van der Waals surface area contributed by atoms with Crippen LogP contribution in [0.25, 0.3) is 0 Å². The standard InChI is InChI=1S/C4H6O2.C3H7NO2/c1-3(2)4(5)6;1-2-4-3(5)6/h1H2,2H3,(H,5,6);4H,2H2,1H3,(H,5,6). The molecule has 0 saturated heterocycles. The van der Waals surface area contributed by atoms with Crippen molar-refractivity contribution in [2.75, 3.05) is 6.54 Å². The van der Waals surface area contributed by atoms with E-state index in [9.17, 15) is 9.59 Å². The summed E-state index contributed by atoms with van der Waals surface area (Å²) in [5.74, 6) is -0.935. The Morgan fingerprint density at radius 3 is 1.75 bits per heavy atom. The Morgan fingerprint density at radius 1 is 1.42 bits per heavy atom. The molecule has 1 amide bonds. The van der Waals surface area contributed by atoms with Crippen LogP contribution >= 0.6 is 0 Å². The first-order chi connectivity index (χ1) is 5.41. The van der Waals surface area contributed by atoms with Crippen molar-refractivity contribution in [3.8, 4) is 0 Å². The third-order valence-electron chi connectivity index (χ3n) is 0.693. The molecule has 70 valence electrons. The predicted octanol–water partition coefficient (Wildman–Crippen LogP) is 0.921. The van der Waals surface area contributed by atoms with Gasteiger partial charge in [0, 0.05) is 12.1 Å². The van der Waals surface area contributed by atoms with Crippen LogP contribution in [0.15, 0.2) is 12.2 Å². The van der Waals surface area contributed by atoms with Gasteiger partial charge >= 0.3 is 12.1 Å². The van der Waals surface area contributed by atoms with Gasteiger partial charge in [0.15, 0.2) is 0 Å². The number of aliphatic carboxylic acids is 1. The van der Waals surface area contributed by atoms with Crippen LogP contribution in [0.5, 0.6) is 0 Å². The smallest absolute Gasteiger partial charge is 0.404 e. The first-order valence-corrected chi connectivity index (χ1v) is 3.27. The van der Waals surface area contributed by atoms with Gasteiger partial charge < -0.3 is 15.5 Å². The van der Waals surface area contributed by atoms with E-state index in [-0.39, 0.29) is 5.57 Å². The molecule has 0 unspecified atom stereocenters. The van der Waals surface area contributed by atoms with E-state index in [4.69, 9.17) is 10.2 Å². The highest BCUT2D eigenvalue weighted by atomic mass is 16.4. The Labute approximate surface area is 70.7 Å². The van der Waals surface area contributed by atoms with Gasteiger partial charge in [-0.25, -0.2) is 9.59 Å². The lowest BCUT2D eigenvalue weighted by molar-refractivity contribution is -0.132. The van der Waals surface area contributed by atoms with Crippen LogP contribution in [0.2, 0.25) is 0 Å². The van der Waals surface area contributed by atoms with Crippen LogP contribution in [0.3, 0.4) is 0 Å². The average molecular weight is 175 g/mol. The fourth-order valence-corrected chi connectivity index (χ4v) is 0.151. The van der Waals surface area contributed by atoms with Gasteiger partial charge in [0.05, 0.1) is 0 Å². The second-order valence-electron chi connectivity index (χ2n) is 1.92. The zero-order valence-electron chi connectivity index (χ0n) is 7.13. The van der Waals surface area contributed by atoms with Crippen LogP contribution in [-0.2, 0) is 4.79 Å². The SMILES string of the molecule is C=C(C)C(=O)O.CCNC(=O)O. The third-order valence-corrected chi connectivity index (χ3v) is 0.693. The molecule has 0 aromatic carbocycles. The van der Waals surface area contributed by atoms with Crippen LogP contribution in [0.4, 0.5) is 4.79 Å². The van der Waals surface area contributed by atoms with Crippen molar-refractivity contribution in [2.45, 2.75) is 13.8 Å². The van der Waals surface area contributed by atoms with Crippen molar-refractivity contribution in [2.24, 2.45) is 0 Å². The molecular weight excluding hydrogens is 162 g/mol. The third kappa shape index (κ3) is 15.8. The van der Waals surface area contributed by atoms with E-state index in [1.807, 2.05) is 0 Å². The largest absolute Gasteiger partial charge is 0.478 e. The molecule has 0 saturated carbocycles. The van der Waals surface area contributed by atoms with E-state index in [1.54, 1.807) is 6.92 Å². The minimum absolute atomic E-state index is 0.176. The average Bonchev–Trinajstić information content (AvgIpc) is 1.87. The Hall–Kier alpha value is -1.52. The van der Waals surface area contributed by atoms with E-state index in [0.717, 1.165) is 0 Å². The Morgan fingerprint density at radius 2 is 1.75 bits per heavy atom. The molecule has 0 rings (SSSR count). The van der Waals surface area contributed by atoms with E-state index >= 15 is 0 Å². The Bertz CT molecular complexity index is 164. The molecule has 0 aromatic heterocycles. The van der Waals surface area contributed by atoms with Gasteiger partial charge in [-0.15, -0.1) is 0 Å². The summed E-state index contributed by atoms with van der Waals surface area (Å²) in [5.41, 5.74) is 0.176. The van der Waals surface area contributed by atoms with Gasteiger partial charge in [-0.3, -0.25) is 0 Å². The minimum atomic E-state index is -0.961. The van der Waals surface area contributed by atoms with Crippen molar-refractivity contribution in [1.82, 2.24) is 5.32 Å². The summed E-state index contributed by atoms with van der Waals surface area (Å²) in [5, 5.41) is 17.8. The van der Waals surface area contributed by atoms with Crippen LogP contribution in [0.1, 0.15) is 13.8 Å². The van der Waals surface area contributed by atoms with Gasteiger partial charge in [0.2, 0.25) is 0 Å². The molecule has 0 aliphatic carbocycles. The predicted molar refractivity (Wildman–Crippen MR) is 44.2 cm³/mol. The molecule has 0 aromatic rings. The van der Waals surface area contributed by atoms with Gasteiger partial charge in [-0.2, -0.15) is 0 Å². The summed E-state index contributed by atoms with van der Waals surface area (Å²) < 4.78 is 0. The summed E-state index contributed by atoms with van der Waals surface area (Å²) in [6.45, 7) is 6.81. The summed E-state index contributed by atoms with van der Waals surface area (Å²) in [4.78, 5) is 19.1. The normalized spacial score (nSPS) is 7.50. The fourth-order valence-electron chi connectivity index (χ4n) is 0.151. The molecule has 0 aliphatic heterocycles. The van der Waals surface area contributed by atoms with E-state index < -0.39 is 12.1 Å². The van der Waals surface area contributed by atoms with Gasteiger partial charge in [-0.05, 0) is 13.8 Å². The highest BCUT2D eigenvalue weighted by Gasteiger charge is 1.90. The molecule has 3 N–H and O–H groups in total. The second-order valence-corrected chi connectivity index (χ2v) is 1.92. The fraction of sp³-hybridized carbons (Fsp3) is 0.429. The molecule has 0 spiro atoms. The van der Waals surface area contributed by atoms with Crippen molar-refractivity contribution < 1.29 is 19.8 Å². The number of hydrogen-bond acceptors (Lipinski definition) is 2. The maximum atomic E-state index is 9.60. The Balaban J connectivity index is 0. The summed E-state index contributed by atoms with van der Waals surface area (Å²) in [6, 6.07) is 0. The summed E-state index contributed by atoms with van der Waals surface area (Å²) in [6.07, 6.45) is -0.961. The number of rotatable bonds is 2. The first kappa shape index (κ1) is 13.1. The lowest BCUT2D eigenvalue weighted by Crippen LogP contribution is -2.19. The highest BCUT2D eigenvalue weighted by Crippen LogP contribution is 1.81. The number of carbonyl (C=O) groups is 2. The summed E-state index contributed by atoms with van der Waals surface area (Å²) in [7, 11) is 0. The second kappa shape index (κ2) is 7.59. The van der Waals surface area contributed by atoms with E-state index in [0.29, 0.717) is 6.54 Å². The van der Waals surface area contributed by atoms with E-state index in [1.165, 1.54) is 6.92 Å². The van der Waals surface area contributed by atoms with Crippen LogP contribution in [-0.4, -0.2) is 28.8 Å². The number of carboxylic acids is 1. The van der Waals surface area contributed by atoms with Gasteiger partial charge in [-0.1, -0.05) is 6.58 Å². The lowest BCUT2D eigenvalue weighted by atomic mass is 10.4. The molecule has 0 radical (unpaired) electrons. The first-order valence-electron chi connectivity index (χ1n) is 3.27. The molecule has 0 aliphatic rings. The molecule has 0 fully saturated rings. The van der Waals surface area contributed by atoms with Crippen molar-refractivity contribution in [3.05, 3.63) is 12.2 Å². The van der Waals surface area contributed by atoms with E-state index in [2.05, 4.69) is 11.9 Å². The van der Waals surface area contributed by atoms with Crippen molar-refractivity contribution >= 4 is 12.1 Å². The molecule has 0 heterocycles. The number of hydrogen-bond donors (Lipinski definition) is 3. The lowest BCUT2D eigenvalue weighted by Gasteiger charge is -1.87. The number of amides is 1. The van der Waals surface area contributed by atoms with Gasteiger partial charge in [0.25, 0.3) is 0 Å². The Kier molecular flexibility index (Phi) is 8.28. The molecule has 0 atom stereocenters. The monoisotopic (exact) mass is 175 g/mol. The zero-order valence-corrected chi connectivity index (χ0v) is 7.13. The van der Waals surface area contributed by atoms with Crippen molar-refractivity contribution in [1.29, 1.82) is 0 Å². The number of carboxylic acid groups (broad SMARTS) is 2.